The molecule has 23 aromatic rings. The lowest BCUT2D eigenvalue weighted by Crippen LogP contribution is -2.31. The van der Waals surface area contributed by atoms with Crippen molar-refractivity contribution < 1.29 is 31.5 Å². The first-order chi connectivity index (χ1) is 61.3. The molecule has 612 valence electrons. The SMILES string of the molecule is Cc1c(-c2cc3ccccc3n2C)cccc1-c1c2oc3ccccc3c2cc[n+]1C.Cc1c(-c2cc3ccccc3n2C)cccc1-c1cc2oc3ccccc3c2c[n+]1C.Cc1c(-c2cc3cnccc3n2C)cc2c(c1-c1cccc[n+]1C)C(C)(C)c1ccccc1-2.Cc1c(-c2cc3ncccc3n2C)cccc1-c1c2c(cc[n+]1C)oc1ccccc12. The number of hydrogen-bond acceptors (Lipinski definition) is 5. The summed E-state index contributed by atoms with van der Waals surface area (Å²) in [4.78, 5) is 8.89. The summed E-state index contributed by atoms with van der Waals surface area (Å²) in [5.41, 5.74) is 41.3. The third-order valence-electron chi connectivity index (χ3n) is 26.8. The first kappa shape index (κ1) is 77.9. The molecule has 1 aliphatic rings. The van der Waals surface area contributed by atoms with Crippen molar-refractivity contribution in [2.45, 2.75) is 47.0 Å². The van der Waals surface area contributed by atoms with Gasteiger partial charge in [-0.2, -0.15) is 4.57 Å². The minimum absolute atomic E-state index is 0.0732. The molecule has 24 rings (SSSR count). The van der Waals surface area contributed by atoms with Crippen LogP contribution in [0.2, 0.25) is 0 Å². The summed E-state index contributed by atoms with van der Waals surface area (Å²) in [5, 5.41) is 10.6. The third-order valence-corrected chi connectivity index (χ3v) is 26.8. The Balaban J connectivity index is 0.000000103. The zero-order valence-corrected chi connectivity index (χ0v) is 73.4. The van der Waals surface area contributed by atoms with Crippen molar-refractivity contribution in [1.29, 1.82) is 0 Å². The monoisotopic (exact) mass is 1640 g/mol. The highest BCUT2D eigenvalue weighted by atomic mass is 16.3. The fourth-order valence-electron chi connectivity index (χ4n) is 20.3. The predicted molar refractivity (Wildman–Crippen MR) is 514 cm³/mol. The summed E-state index contributed by atoms with van der Waals surface area (Å²) in [5.74, 6) is 0. The van der Waals surface area contributed by atoms with E-state index >= 15 is 0 Å². The molecule has 0 saturated carbocycles. The van der Waals surface area contributed by atoms with E-state index in [2.05, 4.69) is 406 Å². The number of rotatable bonds is 8. The van der Waals surface area contributed by atoms with Crippen LogP contribution in [0.25, 0.3) is 211 Å². The number of para-hydroxylation sites is 5. The van der Waals surface area contributed by atoms with Crippen molar-refractivity contribution in [3.8, 4) is 101 Å². The van der Waals surface area contributed by atoms with E-state index in [-0.39, 0.29) is 5.41 Å². The molecule has 0 atom stereocenters. The highest BCUT2D eigenvalue weighted by Gasteiger charge is 2.41. The molecular formula is C113H96N10O3+4. The topological polar surface area (TPSA) is 100 Å². The third kappa shape index (κ3) is 12.6. The van der Waals surface area contributed by atoms with E-state index < -0.39 is 0 Å². The van der Waals surface area contributed by atoms with Gasteiger partial charge in [0.15, 0.2) is 24.8 Å². The molecule has 0 saturated heterocycles. The van der Waals surface area contributed by atoms with Crippen molar-refractivity contribution in [2.24, 2.45) is 56.4 Å². The van der Waals surface area contributed by atoms with Crippen molar-refractivity contribution in [3.05, 3.63) is 362 Å². The fraction of sp³-hybridized carbons (Fsp3) is 0.133. The molecule has 10 aromatic carbocycles. The van der Waals surface area contributed by atoms with Crippen molar-refractivity contribution in [2.75, 3.05) is 0 Å². The first-order valence-corrected chi connectivity index (χ1v) is 43.1. The van der Waals surface area contributed by atoms with Crippen LogP contribution in [0, 0.1) is 27.7 Å². The van der Waals surface area contributed by atoms with Crippen LogP contribution >= 0.6 is 0 Å². The van der Waals surface area contributed by atoms with Gasteiger partial charge in [-0.15, -0.1) is 0 Å². The molecule has 0 spiro atoms. The van der Waals surface area contributed by atoms with Crippen LogP contribution in [-0.2, 0) is 61.8 Å². The quantitative estimate of drug-likeness (QED) is 0.141. The normalized spacial score (nSPS) is 12.3. The van der Waals surface area contributed by atoms with Crippen LogP contribution in [0.3, 0.4) is 0 Å². The average Bonchev–Trinajstić information content (AvgIpc) is 1.54. The maximum Gasteiger partial charge on any atom is 0.256 e. The molecule has 0 bridgehead atoms. The lowest BCUT2D eigenvalue weighted by atomic mass is 9.77. The van der Waals surface area contributed by atoms with Crippen molar-refractivity contribution >= 4 is 110 Å². The minimum Gasteiger partial charge on any atom is -0.456 e. The highest BCUT2D eigenvalue weighted by molar-refractivity contribution is 6.12. The molecule has 0 aliphatic heterocycles. The molecule has 13 heteroatoms. The molecule has 0 unspecified atom stereocenters. The summed E-state index contributed by atoms with van der Waals surface area (Å²) in [6, 6.07) is 101. The number of furan rings is 3. The lowest BCUT2D eigenvalue weighted by Gasteiger charge is -2.26. The Hall–Kier alpha value is -15.3. The largest absolute Gasteiger partial charge is 0.456 e. The van der Waals surface area contributed by atoms with E-state index in [1.165, 1.54) is 156 Å². The van der Waals surface area contributed by atoms with E-state index in [0.29, 0.717) is 0 Å². The molecule has 0 N–H and O–H groups in total. The number of pyridine rings is 6. The van der Waals surface area contributed by atoms with Gasteiger partial charge >= 0.3 is 0 Å². The Kier molecular flexibility index (Phi) is 18.9. The molecule has 13 heterocycles. The summed E-state index contributed by atoms with van der Waals surface area (Å²) in [6.45, 7) is 13.6. The van der Waals surface area contributed by atoms with Crippen LogP contribution < -0.4 is 18.3 Å². The zero-order chi connectivity index (χ0) is 86.2. The Morgan fingerprint density at radius 3 is 1.48 bits per heavy atom. The van der Waals surface area contributed by atoms with Gasteiger partial charge in [-0.3, -0.25) is 9.97 Å². The van der Waals surface area contributed by atoms with Gasteiger partial charge in [0.2, 0.25) is 22.7 Å². The maximum absolute atomic E-state index is 6.37. The van der Waals surface area contributed by atoms with E-state index in [4.69, 9.17) is 13.3 Å². The Bertz CT molecular complexity index is 8370. The van der Waals surface area contributed by atoms with E-state index in [1.807, 2.05) is 67.1 Å². The number of benzene rings is 10. The lowest BCUT2D eigenvalue weighted by molar-refractivity contribution is -0.660. The van der Waals surface area contributed by atoms with Gasteiger partial charge < -0.3 is 31.5 Å². The second-order valence-corrected chi connectivity index (χ2v) is 34.3. The summed E-state index contributed by atoms with van der Waals surface area (Å²) >= 11 is 0. The standard InChI is InChI=1S/C30H28N3.2C28H23N2O.C27H22N3O/c1-19-22(27-16-20-18-31-14-13-25(20)33(27)5)17-23-21-10-6-7-11-24(21)30(2,3)29(23)28(19)26-12-8-9-15-32(26)4;1-18-20(11-8-12-21(18)26-15-19-9-4-6-13-24(19)30(26)3)25-16-28-23(17-29(25)2)22-10-5-7-14-27(22)31-28;1-18-20(25-17-19-9-4-6-13-24(19)30(25)3)11-8-12-21(18)27-28-23(15-16-29(27)2)22-10-5-7-14-26(22)31-28;1-17-18(23-16-21-22(30(23)3)11-7-14-28-21)9-6-10-19(17)27-26-20-8-4-5-12-24(20)31-25(26)13-15-29(27)2/h6-18H,1-5H3;2*4-17H,1-3H3;4-16H,1-3H3/q4*+1. The van der Waals surface area contributed by atoms with E-state index in [0.717, 1.165) is 88.2 Å². The Labute approximate surface area is 731 Å². The van der Waals surface area contributed by atoms with Crippen molar-refractivity contribution in [3.63, 3.8) is 0 Å². The first-order valence-electron chi connectivity index (χ1n) is 43.1. The van der Waals surface area contributed by atoms with Crippen LogP contribution in [-0.4, -0.2) is 28.2 Å². The van der Waals surface area contributed by atoms with Gasteiger partial charge in [0.05, 0.1) is 50.4 Å². The molecular weight excluding hydrogens is 1550 g/mol. The van der Waals surface area contributed by atoms with Crippen LogP contribution in [0.5, 0.6) is 0 Å². The zero-order valence-electron chi connectivity index (χ0n) is 73.4. The molecule has 0 fully saturated rings. The molecule has 0 radical (unpaired) electrons. The van der Waals surface area contributed by atoms with Crippen LogP contribution in [0.15, 0.2) is 342 Å². The molecule has 0 amide bonds. The van der Waals surface area contributed by atoms with Gasteiger partial charge in [0, 0.05) is 170 Å². The molecule has 13 nitrogen and oxygen atoms in total. The van der Waals surface area contributed by atoms with E-state index in [1.54, 1.807) is 0 Å². The predicted octanol–water partition coefficient (Wildman–Crippen LogP) is 25.4. The highest BCUT2D eigenvalue weighted by Crippen LogP contribution is 2.55. The van der Waals surface area contributed by atoms with Crippen LogP contribution in [0.1, 0.15) is 47.2 Å². The minimum atomic E-state index is -0.0732. The Morgan fingerprint density at radius 1 is 0.317 bits per heavy atom. The van der Waals surface area contributed by atoms with Gasteiger partial charge in [0.1, 0.15) is 61.5 Å². The summed E-state index contributed by atoms with van der Waals surface area (Å²) < 4.78 is 36.6. The second kappa shape index (κ2) is 30.6. The summed E-state index contributed by atoms with van der Waals surface area (Å²) in [6.07, 6.45) is 14.2. The van der Waals surface area contributed by atoms with Gasteiger partial charge in [-0.25, -0.2) is 13.7 Å². The molecule has 13 aromatic heterocycles. The molecule has 126 heavy (non-hydrogen) atoms. The number of hydrogen-bond donors (Lipinski definition) is 0. The van der Waals surface area contributed by atoms with Gasteiger partial charge in [-0.1, -0.05) is 166 Å². The van der Waals surface area contributed by atoms with Crippen molar-refractivity contribution in [1.82, 2.24) is 28.2 Å². The molecule has 1 aliphatic carbocycles. The maximum atomic E-state index is 6.37. The summed E-state index contributed by atoms with van der Waals surface area (Å²) in [7, 11) is 17.0. The Morgan fingerprint density at radius 2 is 0.817 bits per heavy atom. The fourth-order valence-corrected chi connectivity index (χ4v) is 20.3. The second-order valence-electron chi connectivity index (χ2n) is 34.3. The number of aromatic nitrogens is 10. The average molecular weight is 1640 g/mol. The smallest absolute Gasteiger partial charge is 0.256 e. The van der Waals surface area contributed by atoms with E-state index in [9.17, 15) is 0 Å². The van der Waals surface area contributed by atoms with Gasteiger partial charge in [0.25, 0.3) is 5.69 Å². The number of nitrogens with zero attached hydrogens (tertiary/aromatic N) is 10. The number of aryl methyl sites for hydroxylation is 8. The van der Waals surface area contributed by atoms with Crippen LogP contribution in [0.4, 0.5) is 0 Å². The van der Waals surface area contributed by atoms with Gasteiger partial charge in [-0.05, 0) is 175 Å². The number of fused-ring (bicyclic) bond motifs is 16.